The van der Waals surface area contributed by atoms with E-state index >= 15 is 0 Å². The van der Waals surface area contributed by atoms with Gasteiger partial charge in [-0.2, -0.15) is 0 Å². The van der Waals surface area contributed by atoms with Crippen LogP contribution < -0.4 is 15.4 Å². The third-order valence-electron chi connectivity index (χ3n) is 5.71. The molecule has 1 aromatic carbocycles. The normalized spacial score (nSPS) is 17.5. The van der Waals surface area contributed by atoms with Gasteiger partial charge in [-0.15, -0.1) is 0 Å². The average Bonchev–Trinajstić information content (AvgIpc) is 2.96. The van der Waals surface area contributed by atoms with Gasteiger partial charge in [0, 0.05) is 36.1 Å². The standard InChI is InChI=1S/C19H22N4O3S/c1-13-14(9-15(11-21-13)27(20,25)26)10-22-18(24)23-12-19(7-4-8-19)16-5-2-3-6-17(16)23/h2-3,5-6,9,11H,4,7-8,10,12H2,1H3,(H,22,24)(H2,20,25,26). The number of hydrogen-bond donors (Lipinski definition) is 2. The van der Waals surface area contributed by atoms with E-state index in [0.717, 1.165) is 18.5 Å². The van der Waals surface area contributed by atoms with Gasteiger partial charge in [0.05, 0.1) is 0 Å². The molecule has 1 aliphatic carbocycles. The topological polar surface area (TPSA) is 105 Å². The number of amides is 2. The molecule has 27 heavy (non-hydrogen) atoms. The molecule has 0 unspecified atom stereocenters. The number of nitrogens with zero attached hydrogens (tertiary/aromatic N) is 2. The molecule has 142 valence electrons. The number of para-hydroxylation sites is 1. The molecule has 0 atom stereocenters. The summed E-state index contributed by atoms with van der Waals surface area (Å²) in [6, 6.07) is 9.34. The monoisotopic (exact) mass is 386 g/mol. The van der Waals surface area contributed by atoms with Crippen LogP contribution >= 0.6 is 0 Å². The van der Waals surface area contributed by atoms with Crippen molar-refractivity contribution in [2.45, 2.75) is 43.0 Å². The molecule has 1 fully saturated rings. The number of pyridine rings is 1. The second-order valence-corrected chi connectivity index (χ2v) is 8.92. The number of carbonyl (C=O) groups is 1. The Hall–Kier alpha value is -2.45. The summed E-state index contributed by atoms with van der Waals surface area (Å²) in [5.41, 5.74) is 3.59. The lowest BCUT2D eigenvalue weighted by Crippen LogP contribution is -2.45. The van der Waals surface area contributed by atoms with Crippen molar-refractivity contribution in [1.29, 1.82) is 0 Å². The maximum atomic E-state index is 12.9. The first-order chi connectivity index (χ1) is 12.8. The molecule has 1 aromatic heterocycles. The fourth-order valence-electron chi connectivity index (χ4n) is 4.00. The summed E-state index contributed by atoms with van der Waals surface area (Å²) in [6.45, 7) is 2.64. The molecule has 2 heterocycles. The van der Waals surface area contributed by atoms with Crippen molar-refractivity contribution >= 4 is 21.7 Å². The van der Waals surface area contributed by atoms with Crippen molar-refractivity contribution in [2.75, 3.05) is 11.4 Å². The summed E-state index contributed by atoms with van der Waals surface area (Å²) >= 11 is 0. The van der Waals surface area contributed by atoms with Crippen molar-refractivity contribution in [3.05, 3.63) is 53.3 Å². The van der Waals surface area contributed by atoms with Gasteiger partial charge in [-0.05, 0) is 43.0 Å². The Kier molecular flexibility index (Phi) is 4.20. The molecule has 1 spiro atoms. The van der Waals surface area contributed by atoms with Crippen LogP contribution in [0.25, 0.3) is 0 Å². The number of nitrogens with one attached hydrogen (secondary N) is 1. The molecule has 0 radical (unpaired) electrons. The Morgan fingerprint density at radius 1 is 1.33 bits per heavy atom. The lowest BCUT2D eigenvalue weighted by molar-refractivity contribution is 0.235. The van der Waals surface area contributed by atoms with Gasteiger partial charge in [-0.1, -0.05) is 24.6 Å². The van der Waals surface area contributed by atoms with Crippen molar-refractivity contribution in [1.82, 2.24) is 10.3 Å². The van der Waals surface area contributed by atoms with E-state index in [4.69, 9.17) is 5.14 Å². The van der Waals surface area contributed by atoms with E-state index in [9.17, 15) is 13.2 Å². The third-order valence-corrected chi connectivity index (χ3v) is 6.59. The summed E-state index contributed by atoms with van der Waals surface area (Å²) in [5, 5.41) is 8.07. The van der Waals surface area contributed by atoms with E-state index in [1.54, 1.807) is 11.8 Å². The fraction of sp³-hybridized carbons (Fsp3) is 0.368. The first kappa shape index (κ1) is 17.9. The predicted molar refractivity (Wildman–Crippen MR) is 102 cm³/mol. The number of hydrogen-bond acceptors (Lipinski definition) is 4. The van der Waals surface area contributed by atoms with Crippen LogP contribution in [0.5, 0.6) is 0 Å². The second kappa shape index (κ2) is 6.31. The van der Waals surface area contributed by atoms with Crippen LogP contribution in [-0.2, 0) is 22.0 Å². The number of fused-ring (bicyclic) bond motifs is 2. The van der Waals surface area contributed by atoms with Crippen LogP contribution in [-0.4, -0.2) is 26.0 Å². The molecule has 2 aromatic rings. The lowest BCUT2D eigenvalue weighted by Gasteiger charge is -2.38. The van der Waals surface area contributed by atoms with Gasteiger partial charge in [0.15, 0.2) is 0 Å². The summed E-state index contributed by atoms with van der Waals surface area (Å²) in [4.78, 5) is 18.7. The number of rotatable bonds is 3. The molecule has 1 aliphatic heterocycles. The zero-order chi connectivity index (χ0) is 19.2. The highest BCUT2D eigenvalue weighted by Crippen LogP contribution is 2.52. The Labute approximate surface area is 158 Å². The maximum Gasteiger partial charge on any atom is 0.322 e. The van der Waals surface area contributed by atoms with Gasteiger partial charge < -0.3 is 5.32 Å². The smallest absolute Gasteiger partial charge is 0.322 e. The van der Waals surface area contributed by atoms with Crippen LogP contribution in [0.4, 0.5) is 10.5 Å². The largest absolute Gasteiger partial charge is 0.334 e. The van der Waals surface area contributed by atoms with Gasteiger partial charge in [-0.3, -0.25) is 9.88 Å². The van der Waals surface area contributed by atoms with Crippen LogP contribution in [0.2, 0.25) is 0 Å². The Morgan fingerprint density at radius 2 is 2.07 bits per heavy atom. The minimum atomic E-state index is -3.83. The lowest BCUT2D eigenvalue weighted by atomic mass is 9.66. The highest BCUT2D eigenvalue weighted by Gasteiger charge is 2.48. The third kappa shape index (κ3) is 3.08. The van der Waals surface area contributed by atoms with Gasteiger partial charge in [0.2, 0.25) is 10.0 Å². The molecule has 2 amide bonds. The number of carbonyl (C=O) groups excluding carboxylic acids is 1. The predicted octanol–water partition coefficient (Wildman–Crippen LogP) is 2.19. The van der Waals surface area contributed by atoms with E-state index in [0.29, 0.717) is 17.8 Å². The first-order valence-electron chi connectivity index (χ1n) is 8.93. The molecule has 0 saturated heterocycles. The molecule has 1 saturated carbocycles. The zero-order valence-corrected chi connectivity index (χ0v) is 15.9. The summed E-state index contributed by atoms with van der Waals surface area (Å²) < 4.78 is 23.1. The van der Waals surface area contributed by atoms with Crippen LogP contribution in [0.15, 0.2) is 41.4 Å². The number of anilines is 1. The van der Waals surface area contributed by atoms with Gasteiger partial charge >= 0.3 is 6.03 Å². The summed E-state index contributed by atoms with van der Waals surface area (Å²) in [5.74, 6) is 0. The SMILES string of the molecule is Cc1ncc(S(N)(=O)=O)cc1CNC(=O)N1CC2(CCC2)c2ccccc21. The highest BCUT2D eigenvalue weighted by molar-refractivity contribution is 7.89. The molecule has 2 aliphatic rings. The molecular weight excluding hydrogens is 364 g/mol. The van der Waals surface area contributed by atoms with E-state index in [1.165, 1.54) is 24.2 Å². The fourth-order valence-corrected chi connectivity index (χ4v) is 4.51. The zero-order valence-electron chi connectivity index (χ0n) is 15.1. The van der Waals surface area contributed by atoms with Crippen molar-refractivity contribution in [3.63, 3.8) is 0 Å². The van der Waals surface area contributed by atoms with Crippen molar-refractivity contribution < 1.29 is 13.2 Å². The molecular formula is C19H22N4O3S. The number of nitrogens with two attached hydrogens (primary N) is 1. The van der Waals surface area contributed by atoms with E-state index < -0.39 is 10.0 Å². The number of aryl methyl sites for hydroxylation is 1. The van der Waals surface area contributed by atoms with Crippen LogP contribution in [0, 0.1) is 6.92 Å². The number of sulfonamides is 1. The second-order valence-electron chi connectivity index (χ2n) is 7.36. The van der Waals surface area contributed by atoms with Crippen molar-refractivity contribution in [3.8, 4) is 0 Å². The van der Waals surface area contributed by atoms with E-state index in [2.05, 4.69) is 16.4 Å². The van der Waals surface area contributed by atoms with Crippen LogP contribution in [0.1, 0.15) is 36.1 Å². The van der Waals surface area contributed by atoms with Gasteiger partial charge in [-0.25, -0.2) is 18.4 Å². The molecule has 7 nitrogen and oxygen atoms in total. The number of urea groups is 1. The minimum absolute atomic E-state index is 0.0581. The minimum Gasteiger partial charge on any atom is -0.334 e. The summed E-state index contributed by atoms with van der Waals surface area (Å²) in [6.07, 6.45) is 4.63. The first-order valence-corrected chi connectivity index (χ1v) is 10.5. The van der Waals surface area contributed by atoms with E-state index in [-0.39, 0.29) is 22.9 Å². The number of benzene rings is 1. The highest BCUT2D eigenvalue weighted by atomic mass is 32.2. The average molecular weight is 386 g/mol. The number of aromatic nitrogens is 1. The van der Waals surface area contributed by atoms with Gasteiger partial charge in [0.25, 0.3) is 0 Å². The molecule has 3 N–H and O–H groups in total. The quantitative estimate of drug-likeness (QED) is 0.843. The molecule has 0 bridgehead atoms. The van der Waals surface area contributed by atoms with Crippen molar-refractivity contribution in [2.24, 2.45) is 5.14 Å². The van der Waals surface area contributed by atoms with Gasteiger partial charge in [0.1, 0.15) is 4.90 Å². The maximum absolute atomic E-state index is 12.9. The van der Waals surface area contributed by atoms with Crippen LogP contribution in [0.3, 0.4) is 0 Å². The molecule has 4 rings (SSSR count). The Balaban J connectivity index is 1.53. The van der Waals surface area contributed by atoms with E-state index in [1.807, 2.05) is 18.2 Å². The molecule has 8 heteroatoms. The summed E-state index contributed by atoms with van der Waals surface area (Å²) in [7, 11) is -3.83. The number of primary sulfonamides is 1. The Bertz CT molecular complexity index is 1020. The Morgan fingerprint density at radius 3 is 2.74 bits per heavy atom.